The first-order valence-corrected chi connectivity index (χ1v) is 7.81. The van der Waals surface area contributed by atoms with Crippen LogP contribution in [0.1, 0.15) is 42.1 Å². The first kappa shape index (κ1) is 15.4. The van der Waals surface area contributed by atoms with Gasteiger partial charge in [-0.25, -0.2) is 0 Å². The lowest BCUT2D eigenvalue weighted by molar-refractivity contribution is 0.0941. The van der Waals surface area contributed by atoms with E-state index in [-0.39, 0.29) is 12.0 Å². The molecule has 0 radical (unpaired) electrons. The molecule has 0 aliphatic rings. The maximum atomic E-state index is 11.8. The molecule has 1 atom stereocenters. The summed E-state index contributed by atoms with van der Waals surface area (Å²) in [6, 6.07) is 7.61. The molecule has 0 saturated carbocycles. The standard InChI is InChI=1S/C14H20INO2/c1-2-3-13(17)8-9-16-14(18)12-6-4-11(10-15)5-7-12/h4-7,13,17H,2-3,8-10H2,1H3,(H,16,18). The zero-order chi connectivity index (χ0) is 13.4. The van der Waals surface area contributed by atoms with Crippen LogP contribution in [-0.2, 0) is 4.43 Å². The van der Waals surface area contributed by atoms with Crippen molar-refractivity contribution in [3.63, 3.8) is 0 Å². The van der Waals surface area contributed by atoms with Crippen LogP contribution in [0.25, 0.3) is 0 Å². The van der Waals surface area contributed by atoms with Crippen LogP contribution in [0.5, 0.6) is 0 Å². The van der Waals surface area contributed by atoms with E-state index in [1.807, 2.05) is 31.2 Å². The fourth-order valence-corrected chi connectivity index (χ4v) is 2.19. The zero-order valence-corrected chi connectivity index (χ0v) is 12.8. The summed E-state index contributed by atoms with van der Waals surface area (Å²) in [5.74, 6) is -0.0706. The number of alkyl halides is 1. The van der Waals surface area contributed by atoms with E-state index in [2.05, 4.69) is 27.9 Å². The molecule has 1 unspecified atom stereocenters. The lowest BCUT2D eigenvalue weighted by atomic mass is 10.1. The number of rotatable bonds is 7. The smallest absolute Gasteiger partial charge is 0.251 e. The molecule has 0 bridgehead atoms. The van der Waals surface area contributed by atoms with Gasteiger partial charge in [-0.2, -0.15) is 0 Å². The van der Waals surface area contributed by atoms with Gasteiger partial charge in [0.1, 0.15) is 0 Å². The molecule has 0 aliphatic heterocycles. The summed E-state index contributed by atoms with van der Waals surface area (Å²) in [5, 5.41) is 12.4. The van der Waals surface area contributed by atoms with Gasteiger partial charge in [0.25, 0.3) is 5.91 Å². The van der Waals surface area contributed by atoms with Crippen LogP contribution >= 0.6 is 22.6 Å². The Morgan fingerprint density at radius 3 is 2.56 bits per heavy atom. The Hall–Kier alpha value is -0.620. The van der Waals surface area contributed by atoms with Gasteiger partial charge in [0.15, 0.2) is 0 Å². The van der Waals surface area contributed by atoms with Gasteiger partial charge in [-0.05, 0) is 30.5 Å². The molecule has 0 fully saturated rings. The molecule has 4 heteroatoms. The molecule has 0 aromatic heterocycles. The molecule has 0 spiro atoms. The van der Waals surface area contributed by atoms with Crippen molar-refractivity contribution in [1.29, 1.82) is 0 Å². The van der Waals surface area contributed by atoms with Crippen LogP contribution in [-0.4, -0.2) is 23.7 Å². The highest BCUT2D eigenvalue weighted by molar-refractivity contribution is 14.1. The molecule has 0 saturated heterocycles. The number of amides is 1. The lowest BCUT2D eigenvalue weighted by Gasteiger charge is -2.10. The summed E-state index contributed by atoms with van der Waals surface area (Å²) >= 11 is 2.29. The molecule has 1 aromatic rings. The van der Waals surface area contributed by atoms with Crippen molar-refractivity contribution in [2.75, 3.05) is 6.54 Å². The summed E-state index contributed by atoms with van der Waals surface area (Å²) in [5.41, 5.74) is 1.89. The van der Waals surface area contributed by atoms with Crippen molar-refractivity contribution >= 4 is 28.5 Å². The number of aliphatic hydroxyl groups is 1. The van der Waals surface area contributed by atoms with E-state index in [9.17, 15) is 9.90 Å². The number of carbonyl (C=O) groups is 1. The molecular formula is C14H20INO2. The van der Waals surface area contributed by atoms with Gasteiger partial charge >= 0.3 is 0 Å². The van der Waals surface area contributed by atoms with Crippen molar-refractivity contribution in [2.24, 2.45) is 0 Å². The zero-order valence-electron chi connectivity index (χ0n) is 10.7. The molecule has 2 N–H and O–H groups in total. The quantitative estimate of drug-likeness (QED) is 0.580. The van der Waals surface area contributed by atoms with Crippen LogP contribution < -0.4 is 5.32 Å². The Balaban J connectivity index is 2.35. The molecular weight excluding hydrogens is 341 g/mol. The summed E-state index contributed by atoms with van der Waals surface area (Å²) in [6.45, 7) is 2.56. The Morgan fingerprint density at radius 1 is 1.33 bits per heavy atom. The van der Waals surface area contributed by atoms with Crippen LogP contribution in [0.15, 0.2) is 24.3 Å². The van der Waals surface area contributed by atoms with E-state index in [4.69, 9.17) is 0 Å². The van der Waals surface area contributed by atoms with Crippen molar-refractivity contribution in [1.82, 2.24) is 5.32 Å². The van der Waals surface area contributed by atoms with Gasteiger partial charge in [-0.1, -0.05) is 48.1 Å². The minimum absolute atomic E-state index is 0.0706. The number of halogens is 1. The lowest BCUT2D eigenvalue weighted by Crippen LogP contribution is -2.27. The molecule has 1 amide bonds. The Morgan fingerprint density at radius 2 is 2.00 bits per heavy atom. The largest absolute Gasteiger partial charge is 0.393 e. The van der Waals surface area contributed by atoms with E-state index in [1.165, 1.54) is 5.56 Å². The highest BCUT2D eigenvalue weighted by atomic mass is 127. The normalized spacial score (nSPS) is 12.2. The molecule has 3 nitrogen and oxygen atoms in total. The monoisotopic (exact) mass is 361 g/mol. The van der Waals surface area contributed by atoms with Gasteiger partial charge in [0.2, 0.25) is 0 Å². The highest BCUT2D eigenvalue weighted by Gasteiger charge is 2.06. The van der Waals surface area contributed by atoms with Crippen LogP contribution in [0.2, 0.25) is 0 Å². The van der Waals surface area contributed by atoms with Crippen LogP contribution in [0.4, 0.5) is 0 Å². The highest BCUT2D eigenvalue weighted by Crippen LogP contribution is 2.08. The third-order valence-electron chi connectivity index (χ3n) is 2.76. The summed E-state index contributed by atoms with van der Waals surface area (Å²) < 4.78 is 0.947. The predicted molar refractivity (Wildman–Crippen MR) is 82.0 cm³/mol. The summed E-state index contributed by atoms with van der Waals surface area (Å²) in [4.78, 5) is 11.8. The van der Waals surface area contributed by atoms with E-state index in [1.54, 1.807) is 0 Å². The van der Waals surface area contributed by atoms with Crippen molar-refractivity contribution in [2.45, 2.75) is 36.7 Å². The fraction of sp³-hybridized carbons (Fsp3) is 0.500. The maximum absolute atomic E-state index is 11.8. The topological polar surface area (TPSA) is 49.3 Å². The Kier molecular flexibility index (Phi) is 7.27. The minimum Gasteiger partial charge on any atom is -0.393 e. The minimum atomic E-state index is -0.309. The second kappa shape index (κ2) is 8.48. The van der Waals surface area contributed by atoms with E-state index in [0.717, 1.165) is 17.3 Å². The molecule has 1 rings (SSSR count). The number of carbonyl (C=O) groups excluding carboxylic acids is 1. The summed E-state index contributed by atoms with van der Waals surface area (Å²) in [7, 11) is 0. The number of nitrogens with one attached hydrogen (secondary N) is 1. The molecule has 0 aliphatic carbocycles. The third-order valence-corrected chi connectivity index (χ3v) is 3.64. The first-order chi connectivity index (χ1) is 8.67. The second-order valence-corrected chi connectivity index (χ2v) is 5.08. The van der Waals surface area contributed by atoms with Crippen molar-refractivity contribution in [3.05, 3.63) is 35.4 Å². The molecule has 100 valence electrons. The van der Waals surface area contributed by atoms with Crippen LogP contribution in [0.3, 0.4) is 0 Å². The number of aliphatic hydroxyl groups excluding tert-OH is 1. The van der Waals surface area contributed by atoms with Crippen molar-refractivity contribution < 1.29 is 9.90 Å². The number of hydrogen-bond donors (Lipinski definition) is 2. The van der Waals surface area contributed by atoms with Gasteiger partial charge in [0.05, 0.1) is 6.10 Å². The SMILES string of the molecule is CCCC(O)CCNC(=O)c1ccc(CI)cc1. The third kappa shape index (κ3) is 5.35. The second-order valence-electron chi connectivity index (χ2n) is 4.32. The van der Waals surface area contributed by atoms with Gasteiger partial charge < -0.3 is 10.4 Å². The average molecular weight is 361 g/mol. The molecule has 18 heavy (non-hydrogen) atoms. The molecule has 0 heterocycles. The summed E-state index contributed by atoms with van der Waals surface area (Å²) in [6.07, 6.45) is 2.06. The van der Waals surface area contributed by atoms with Gasteiger partial charge in [0, 0.05) is 16.5 Å². The van der Waals surface area contributed by atoms with Crippen LogP contribution in [0, 0.1) is 0 Å². The van der Waals surface area contributed by atoms with E-state index in [0.29, 0.717) is 18.5 Å². The van der Waals surface area contributed by atoms with E-state index >= 15 is 0 Å². The van der Waals surface area contributed by atoms with Gasteiger partial charge in [-0.3, -0.25) is 4.79 Å². The van der Waals surface area contributed by atoms with E-state index < -0.39 is 0 Å². The number of hydrogen-bond acceptors (Lipinski definition) is 2. The fourth-order valence-electron chi connectivity index (χ4n) is 1.68. The van der Waals surface area contributed by atoms with Gasteiger partial charge in [-0.15, -0.1) is 0 Å². The average Bonchev–Trinajstić information content (AvgIpc) is 2.39. The van der Waals surface area contributed by atoms with Crippen molar-refractivity contribution in [3.8, 4) is 0 Å². The first-order valence-electron chi connectivity index (χ1n) is 6.28. The molecule has 1 aromatic carbocycles. The Bertz CT molecular complexity index is 365. The number of benzene rings is 1. The maximum Gasteiger partial charge on any atom is 0.251 e. The Labute approximate surface area is 122 Å². The predicted octanol–water partition coefficient (Wildman–Crippen LogP) is 2.90.